The fourth-order valence-corrected chi connectivity index (χ4v) is 3.93. The summed E-state index contributed by atoms with van der Waals surface area (Å²) in [5, 5.41) is 39.7. The molecule has 256 valence electrons. The number of nitrogens with two attached hydrogens (primary N) is 2. The Balaban J connectivity index is 5.74. The van der Waals surface area contributed by atoms with E-state index in [1.807, 2.05) is 13.8 Å². The number of nitrogens with one attached hydrogen (secondary N) is 5. The minimum atomic E-state index is -1.67. The molecule has 18 nitrogen and oxygen atoms in total. The Bertz CT molecular complexity index is 1100. The first-order valence-electron chi connectivity index (χ1n) is 14.4. The summed E-state index contributed by atoms with van der Waals surface area (Å²) in [6.07, 6.45) is -2.88. The summed E-state index contributed by atoms with van der Waals surface area (Å²) in [4.78, 5) is 98.3. The lowest BCUT2D eigenvalue weighted by molar-refractivity contribution is -0.144. The van der Waals surface area contributed by atoms with Gasteiger partial charge in [-0.05, 0) is 38.5 Å². The van der Waals surface area contributed by atoms with Crippen LogP contribution in [0.15, 0.2) is 0 Å². The number of aliphatic hydroxyl groups excluding tert-OH is 1. The van der Waals surface area contributed by atoms with Gasteiger partial charge in [-0.1, -0.05) is 27.7 Å². The van der Waals surface area contributed by atoms with Crippen LogP contribution < -0.4 is 38.1 Å². The molecule has 0 aliphatic heterocycles. The van der Waals surface area contributed by atoms with Crippen LogP contribution in [0, 0.1) is 11.8 Å². The first-order valence-corrected chi connectivity index (χ1v) is 14.4. The predicted molar refractivity (Wildman–Crippen MR) is 158 cm³/mol. The van der Waals surface area contributed by atoms with Gasteiger partial charge < -0.3 is 53.4 Å². The van der Waals surface area contributed by atoms with Crippen molar-refractivity contribution in [2.24, 2.45) is 23.3 Å². The highest BCUT2D eigenvalue weighted by Gasteiger charge is 2.34. The van der Waals surface area contributed by atoms with Crippen molar-refractivity contribution in [2.45, 2.75) is 110 Å². The van der Waals surface area contributed by atoms with Crippen molar-refractivity contribution in [3.63, 3.8) is 0 Å². The van der Waals surface area contributed by atoms with Crippen LogP contribution >= 0.6 is 0 Å². The van der Waals surface area contributed by atoms with Crippen LogP contribution in [-0.4, -0.2) is 105 Å². The van der Waals surface area contributed by atoms with Crippen molar-refractivity contribution in [3.05, 3.63) is 0 Å². The summed E-state index contributed by atoms with van der Waals surface area (Å²) in [7, 11) is 0. The van der Waals surface area contributed by atoms with Crippen LogP contribution in [0.5, 0.6) is 0 Å². The van der Waals surface area contributed by atoms with Crippen molar-refractivity contribution >= 4 is 47.4 Å². The number of hydrogen-bond donors (Lipinski definition) is 10. The van der Waals surface area contributed by atoms with Gasteiger partial charge in [0, 0.05) is 6.42 Å². The van der Waals surface area contributed by atoms with E-state index in [1.165, 1.54) is 27.7 Å². The molecular weight excluding hydrogens is 598 g/mol. The van der Waals surface area contributed by atoms with E-state index in [4.69, 9.17) is 16.6 Å². The SMILES string of the molecule is CC(C)C[C@H](N)C(=O)N[C@@H](CCC(=O)O)C(=O)N[C@@H](CC(N)=O)C(=O)N[C@@H](C)C(=O)N[C@H](C(=O)N[C@H](C(=O)O)C(C)C)[C@@H](C)O. The molecule has 0 bridgehead atoms. The molecule has 7 atom stereocenters. The Labute approximate surface area is 260 Å². The van der Waals surface area contributed by atoms with Crippen LogP contribution in [0.4, 0.5) is 0 Å². The fourth-order valence-electron chi connectivity index (χ4n) is 3.93. The molecule has 0 rings (SSSR count). The third-order valence-electron chi connectivity index (χ3n) is 6.43. The molecule has 0 saturated carbocycles. The molecule has 18 heteroatoms. The summed E-state index contributed by atoms with van der Waals surface area (Å²) < 4.78 is 0. The van der Waals surface area contributed by atoms with E-state index in [0.717, 1.165) is 0 Å². The lowest BCUT2D eigenvalue weighted by Crippen LogP contribution is -2.61. The Hall–Kier alpha value is -4.32. The van der Waals surface area contributed by atoms with E-state index in [-0.39, 0.29) is 18.8 Å². The zero-order valence-electron chi connectivity index (χ0n) is 26.3. The number of carboxylic acid groups (broad SMARTS) is 2. The molecule has 0 aromatic carbocycles. The van der Waals surface area contributed by atoms with Gasteiger partial charge in [0.2, 0.25) is 35.4 Å². The van der Waals surface area contributed by atoms with Gasteiger partial charge in [0.25, 0.3) is 0 Å². The second-order valence-electron chi connectivity index (χ2n) is 11.5. The van der Waals surface area contributed by atoms with Gasteiger partial charge in [-0.2, -0.15) is 0 Å². The van der Waals surface area contributed by atoms with Gasteiger partial charge in [-0.25, -0.2) is 4.79 Å². The summed E-state index contributed by atoms with van der Waals surface area (Å²) in [6, 6.07) is -8.49. The van der Waals surface area contributed by atoms with Crippen molar-refractivity contribution in [2.75, 3.05) is 0 Å². The smallest absolute Gasteiger partial charge is 0.326 e. The normalized spacial score (nSPS) is 15.8. The molecule has 0 unspecified atom stereocenters. The van der Waals surface area contributed by atoms with Gasteiger partial charge >= 0.3 is 11.9 Å². The number of carbonyl (C=O) groups is 8. The topological polar surface area (TPSA) is 309 Å². The van der Waals surface area contributed by atoms with Crippen molar-refractivity contribution in [1.29, 1.82) is 0 Å². The first kappa shape index (κ1) is 40.7. The number of primary amides is 1. The Kier molecular flexibility index (Phi) is 17.3. The summed E-state index contributed by atoms with van der Waals surface area (Å²) in [5.74, 6) is -8.95. The monoisotopic (exact) mass is 645 g/mol. The number of carbonyl (C=O) groups excluding carboxylic acids is 6. The first-order chi connectivity index (χ1) is 20.7. The Morgan fingerprint density at radius 3 is 1.62 bits per heavy atom. The molecule has 0 aliphatic rings. The van der Waals surface area contributed by atoms with Gasteiger partial charge in [-0.3, -0.25) is 33.6 Å². The number of rotatable bonds is 20. The van der Waals surface area contributed by atoms with Crippen LogP contribution in [-0.2, 0) is 38.4 Å². The van der Waals surface area contributed by atoms with E-state index in [1.54, 1.807) is 0 Å². The highest BCUT2D eigenvalue weighted by Crippen LogP contribution is 2.07. The van der Waals surface area contributed by atoms with E-state index >= 15 is 0 Å². The molecule has 0 heterocycles. The molecule has 0 aromatic rings. The molecule has 12 N–H and O–H groups in total. The highest BCUT2D eigenvalue weighted by molar-refractivity contribution is 5.97. The van der Waals surface area contributed by atoms with Gasteiger partial charge in [0.05, 0.1) is 18.6 Å². The van der Waals surface area contributed by atoms with E-state index in [0.29, 0.717) is 0 Å². The molecule has 0 fully saturated rings. The van der Waals surface area contributed by atoms with Crippen molar-refractivity contribution in [1.82, 2.24) is 26.6 Å². The van der Waals surface area contributed by atoms with Gasteiger partial charge in [0.1, 0.15) is 30.2 Å². The average molecular weight is 646 g/mol. The van der Waals surface area contributed by atoms with Crippen LogP contribution in [0.3, 0.4) is 0 Å². The Morgan fingerprint density at radius 1 is 0.667 bits per heavy atom. The number of hydrogen-bond acceptors (Lipinski definition) is 10. The van der Waals surface area contributed by atoms with Gasteiger partial charge in [0.15, 0.2) is 0 Å². The van der Waals surface area contributed by atoms with Crippen LogP contribution in [0.25, 0.3) is 0 Å². The Morgan fingerprint density at radius 2 is 1.18 bits per heavy atom. The molecule has 6 amide bonds. The van der Waals surface area contributed by atoms with Crippen LogP contribution in [0.1, 0.15) is 67.2 Å². The van der Waals surface area contributed by atoms with E-state index in [9.17, 15) is 48.6 Å². The number of carboxylic acids is 2. The average Bonchev–Trinajstić information content (AvgIpc) is 2.90. The lowest BCUT2D eigenvalue weighted by atomic mass is 10.0. The highest BCUT2D eigenvalue weighted by atomic mass is 16.4. The molecule has 0 spiro atoms. The number of amides is 6. The van der Waals surface area contributed by atoms with Crippen LogP contribution in [0.2, 0.25) is 0 Å². The zero-order valence-corrected chi connectivity index (χ0v) is 26.3. The number of aliphatic carboxylic acids is 2. The quantitative estimate of drug-likeness (QED) is 0.0621. The minimum absolute atomic E-state index is 0.0341. The maximum atomic E-state index is 13.0. The van der Waals surface area contributed by atoms with Gasteiger partial charge in [-0.15, -0.1) is 0 Å². The zero-order chi connectivity index (χ0) is 35.2. The van der Waals surface area contributed by atoms with Crippen molar-refractivity contribution in [3.8, 4) is 0 Å². The molecule has 45 heavy (non-hydrogen) atoms. The maximum Gasteiger partial charge on any atom is 0.326 e. The number of aliphatic hydroxyl groups is 1. The van der Waals surface area contributed by atoms with E-state index < -0.39 is 108 Å². The molecular formula is C27H47N7O11. The van der Waals surface area contributed by atoms with E-state index in [2.05, 4.69) is 26.6 Å². The molecule has 0 saturated heterocycles. The molecule has 0 radical (unpaired) electrons. The third kappa shape index (κ3) is 15.3. The maximum absolute atomic E-state index is 13.0. The third-order valence-corrected chi connectivity index (χ3v) is 6.43. The largest absolute Gasteiger partial charge is 0.481 e. The summed E-state index contributed by atoms with van der Waals surface area (Å²) in [6.45, 7) is 9.07. The molecule has 0 aromatic heterocycles. The standard InChI is InChI=1S/C27H47N7O11/c1-11(2)9-15(28)23(40)31-16(7-8-19(37)38)24(41)32-17(10-18(29)36)25(42)30-13(5)22(39)34-21(14(6)35)26(43)33-20(12(3)4)27(44)45/h11-17,20-21,35H,7-10,28H2,1-6H3,(H2,29,36)(H,30,42)(H,31,40)(H,32,41)(H,33,43)(H,34,39)(H,37,38)(H,44,45)/t13-,14+,15-,16-,17-,20-,21-/m0/s1. The summed E-state index contributed by atoms with van der Waals surface area (Å²) in [5.41, 5.74) is 11.1. The second-order valence-corrected chi connectivity index (χ2v) is 11.5. The predicted octanol–water partition coefficient (Wildman–Crippen LogP) is -3.33. The minimum Gasteiger partial charge on any atom is -0.481 e. The fraction of sp³-hybridized carbons (Fsp3) is 0.704. The summed E-state index contributed by atoms with van der Waals surface area (Å²) >= 11 is 0. The lowest BCUT2D eigenvalue weighted by Gasteiger charge is -2.27. The second kappa shape index (κ2) is 19.1. The van der Waals surface area contributed by atoms with Crippen molar-refractivity contribution < 1.29 is 53.7 Å². The molecule has 0 aliphatic carbocycles.